The van der Waals surface area contributed by atoms with Crippen molar-refractivity contribution in [3.05, 3.63) is 65.9 Å². The van der Waals surface area contributed by atoms with Crippen LogP contribution in [0, 0.1) is 18.3 Å². The van der Waals surface area contributed by atoms with Gasteiger partial charge in [-0.05, 0) is 36.8 Å². The van der Waals surface area contributed by atoms with Crippen molar-refractivity contribution < 1.29 is 4.79 Å². The topological polar surface area (TPSA) is 94.8 Å². The molecule has 0 saturated heterocycles. The molecular weight excluding hydrogens is 328 g/mol. The standard InChI is InChI=1S/C19H18N6O/c1-13-17(15-6-4-3-5-7-15)18(25(2)24-13)21-19(26)23-22-16-10-8-14(12-20)9-11-16/h3-11,22H,1-2H3,(H2,21,23,26). The number of rotatable bonds is 4. The summed E-state index contributed by atoms with van der Waals surface area (Å²) in [7, 11) is 1.78. The van der Waals surface area contributed by atoms with E-state index in [4.69, 9.17) is 5.26 Å². The Morgan fingerprint density at radius 1 is 1.12 bits per heavy atom. The second-order valence-electron chi connectivity index (χ2n) is 5.69. The van der Waals surface area contributed by atoms with E-state index in [0.717, 1.165) is 16.8 Å². The Hall–Kier alpha value is -3.79. The van der Waals surface area contributed by atoms with E-state index in [9.17, 15) is 4.79 Å². The molecule has 130 valence electrons. The Labute approximate surface area is 151 Å². The maximum Gasteiger partial charge on any atom is 0.339 e. The van der Waals surface area contributed by atoms with Crippen molar-refractivity contribution in [2.45, 2.75) is 6.92 Å². The second-order valence-corrected chi connectivity index (χ2v) is 5.69. The molecule has 2 amide bonds. The van der Waals surface area contributed by atoms with Gasteiger partial charge in [0.2, 0.25) is 0 Å². The van der Waals surface area contributed by atoms with Crippen LogP contribution in [0.4, 0.5) is 16.3 Å². The first kappa shape index (κ1) is 17.0. The van der Waals surface area contributed by atoms with Gasteiger partial charge in [-0.2, -0.15) is 10.4 Å². The van der Waals surface area contributed by atoms with Gasteiger partial charge in [-0.1, -0.05) is 30.3 Å². The summed E-state index contributed by atoms with van der Waals surface area (Å²) in [5.74, 6) is 0.604. The molecule has 7 nitrogen and oxygen atoms in total. The average Bonchev–Trinajstić information content (AvgIpc) is 2.94. The zero-order chi connectivity index (χ0) is 18.5. The van der Waals surface area contributed by atoms with Crippen LogP contribution in [0.15, 0.2) is 54.6 Å². The number of amides is 2. The third-order valence-corrected chi connectivity index (χ3v) is 3.85. The number of nitrogens with one attached hydrogen (secondary N) is 3. The number of carbonyl (C=O) groups is 1. The van der Waals surface area contributed by atoms with E-state index < -0.39 is 6.03 Å². The summed E-state index contributed by atoms with van der Waals surface area (Å²) >= 11 is 0. The Balaban J connectivity index is 1.72. The van der Waals surface area contributed by atoms with Crippen molar-refractivity contribution in [3.63, 3.8) is 0 Å². The third kappa shape index (κ3) is 3.65. The molecule has 0 aliphatic heterocycles. The zero-order valence-electron chi connectivity index (χ0n) is 14.4. The van der Waals surface area contributed by atoms with Gasteiger partial charge in [0.15, 0.2) is 0 Å². The number of aryl methyl sites for hydroxylation is 2. The van der Waals surface area contributed by atoms with Crippen LogP contribution in [0.3, 0.4) is 0 Å². The Kier molecular flexibility index (Phi) is 4.85. The molecule has 3 aromatic rings. The number of nitriles is 1. The van der Waals surface area contributed by atoms with Crippen LogP contribution in [0.2, 0.25) is 0 Å². The normalized spacial score (nSPS) is 10.0. The van der Waals surface area contributed by atoms with Crippen LogP contribution in [-0.2, 0) is 7.05 Å². The van der Waals surface area contributed by atoms with Crippen molar-refractivity contribution in [3.8, 4) is 17.2 Å². The fourth-order valence-corrected chi connectivity index (χ4v) is 2.65. The molecule has 1 heterocycles. The molecule has 3 rings (SSSR count). The highest BCUT2D eigenvalue weighted by molar-refractivity contribution is 5.94. The van der Waals surface area contributed by atoms with E-state index in [1.165, 1.54) is 0 Å². The molecule has 0 bridgehead atoms. The number of hydrogen-bond acceptors (Lipinski definition) is 4. The number of hydrazine groups is 1. The molecule has 7 heteroatoms. The van der Waals surface area contributed by atoms with Crippen LogP contribution in [-0.4, -0.2) is 15.8 Å². The van der Waals surface area contributed by atoms with Crippen molar-refractivity contribution in [2.75, 3.05) is 10.7 Å². The summed E-state index contributed by atoms with van der Waals surface area (Å²) in [6.07, 6.45) is 0. The van der Waals surface area contributed by atoms with Crippen molar-refractivity contribution in [1.29, 1.82) is 5.26 Å². The van der Waals surface area contributed by atoms with E-state index >= 15 is 0 Å². The number of aromatic nitrogens is 2. The Morgan fingerprint density at radius 3 is 2.46 bits per heavy atom. The van der Waals surface area contributed by atoms with Crippen LogP contribution in [0.5, 0.6) is 0 Å². The first-order chi connectivity index (χ1) is 12.6. The summed E-state index contributed by atoms with van der Waals surface area (Å²) in [5, 5.41) is 16.0. The van der Waals surface area contributed by atoms with Crippen LogP contribution in [0.1, 0.15) is 11.3 Å². The molecule has 1 aromatic heterocycles. The van der Waals surface area contributed by atoms with Gasteiger partial charge in [0.05, 0.1) is 23.0 Å². The van der Waals surface area contributed by atoms with Gasteiger partial charge in [0.25, 0.3) is 0 Å². The minimum atomic E-state index is -0.422. The summed E-state index contributed by atoms with van der Waals surface area (Å²) in [5.41, 5.74) is 9.28. The molecule has 0 unspecified atom stereocenters. The average molecular weight is 346 g/mol. The molecule has 0 radical (unpaired) electrons. The van der Waals surface area contributed by atoms with Gasteiger partial charge in [-0.25, -0.2) is 4.79 Å². The number of nitrogens with zero attached hydrogens (tertiary/aromatic N) is 3. The first-order valence-corrected chi connectivity index (χ1v) is 8.00. The second kappa shape index (κ2) is 7.40. The number of benzene rings is 2. The van der Waals surface area contributed by atoms with Crippen LogP contribution >= 0.6 is 0 Å². The molecule has 0 aliphatic rings. The highest BCUT2D eigenvalue weighted by atomic mass is 16.2. The molecule has 3 N–H and O–H groups in total. The SMILES string of the molecule is Cc1nn(C)c(NC(=O)NNc2ccc(C#N)cc2)c1-c1ccccc1. The minimum absolute atomic E-state index is 0.422. The van der Waals surface area contributed by atoms with Crippen LogP contribution in [0.25, 0.3) is 11.1 Å². The maximum atomic E-state index is 12.3. The molecule has 0 fully saturated rings. The highest BCUT2D eigenvalue weighted by Crippen LogP contribution is 2.30. The van der Waals surface area contributed by atoms with Gasteiger partial charge in [-0.15, -0.1) is 0 Å². The smallest absolute Gasteiger partial charge is 0.297 e. The van der Waals surface area contributed by atoms with E-state index in [2.05, 4.69) is 21.3 Å². The van der Waals surface area contributed by atoms with E-state index in [0.29, 0.717) is 17.1 Å². The van der Waals surface area contributed by atoms with E-state index in [-0.39, 0.29) is 0 Å². The number of urea groups is 1. The monoisotopic (exact) mass is 346 g/mol. The summed E-state index contributed by atoms with van der Waals surface area (Å²) < 4.78 is 1.64. The molecule has 26 heavy (non-hydrogen) atoms. The molecule has 0 saturated carbocycles. The minimum Gasteiger partial charge on any atom is -0.297 e. The molecule has 0 spiro atoms. The van der Waals surface area contributed by atoms with Gasteiger partial charge < -0.3 is 0 Å². The third-order valence-electron chi connectivity index (χ3n) is 3.85. The van der Waals surface area contributed by atoms with Gasteiger partial charge in [-0.3, -0.25) is 20.9 Å². The van der Waals surface area contributed by atoms with E-state index in [1.807, 2.05) is 43.3 Å². The zero-order valence-corrected chi connectivity index (χ0v) is 14.4. The molecule has 0 aliphatic carbocycles. The van der Waals surface area contributed by atoms with Crippen molar-refractivity contribution >= 4 is 17.5 Å². The lowest BCUT2D eigenvalue weighted by Gasteiger charge is -2.12. The van der Waals surface area contributed by atoms with Crippen molar-refractivity contribution in [2.24, 2.45) is 7.05 Å². The van der Waals surface area contributed by atoms with Crippen LogP contribution < -0.4 is 16.2 Å². The Morgan fingerprint density at radius 2 is 1.81 bits per heavy atom. The quantitative estimate of drug-likeness (QED) is 0.631. The maximum absolute atomic E-state index is 12.3. The van der Waals surface area contributed by atoms with Gasteiger partial charge >= 0.3 is 6.03 Å². The Bertz CT molecular complexity index is 954. The summed E-state index contributed by atoms with van der Waals surface area (Å²) in [6, 6.07) is 18.2. The van der Waals surface area contributed by atoms with Crippen molar-refractivity contribution in [1.82, 2.24) is 15.2 Å². The predicted octanol–water partition coefficient (Wildman–Crippen LogP) is 3.42. The number of anilines is 2. The largest absolute Gasteiger partial charge is 0.339 e. The molecule has 0 atom stereocenters. The van der Waals surface area contributed by atoms with Gasteiger partial charge in [0, 0.05) is 12.6 Å². The lowest BCUT2D eigenvalue weighted by atomic mass is 10.1. The molecule has 2 aromatic carbocycles. The fraction of sp³-hybridized carbons (Fsp3) is 0.105. The highest BCUT2D eigenvalue weighted by Gasteiger charge is 2.17. The predicted molar refractivity (Wildman–Crippen MR) is 100 cm³/mol. The summed E-state index contributed by atoms with van der Waals surface area (Å²) in [6.45, 7) is 1.90. The van der Waals surface area contributed by atoms with E-state index in [1.54, 1.807) is 36.0 Å². The first-order valence-electron chi connectivity index (χ1n) is 8.00. The lowest BCUT2D eigenvalue weighted by molar-refractivity contribution is 0.253. The summed E-state index contributed by atoms with van der Waals surface area (Å²) in [4.78, 5) is 12.3. The van der Waals surface area contributed by atoms with Gasteiger partial charge in [0.1, 0.15) is 5.82 Å². The molecular formula is C19H18N6O. The lowest BCUT2D eigenvalue weighted by Crippen LogP contribution is -2.34. The number of hydrogen-bond donors (Lipinski definition) is 3. The number of carbonyl (C=O) groups excluding carboxylic acids is 1. The fourth-order valence-electron chi connectivity index (χ4n) is 2.65.